The molecule has 128 valence electrons. The van der Waals surface area contributed by atoms with Crippen molar-refractivity contribution in [3.05, 3.63) is 59.4 Å². The topological polar surface area (TPSA) is 86.7 Å². The van der Waals surface area contributed by atoms with Gasteiger partial charge in [-0.25, -0.2) is 4.39 Å². The van der Waals surface area contributed by atoms with Crippen LogP contribution in [0.1, 0.15) is 27.1 Å². The second kappa shape index (κ2) is 6.72. The van der Waals surface area contributed by atoms with Crippen LogP contribution in [0.2, 0.25) is 0 Å². The molecule has 6 nitrogen and oxygen atoms in total. The zero-order valence-corrected chi connectivity index (χ0v) is 13.1. The maximum Gasteiger partial charge on any atom is 0.251 e. The quantitative estimate of drug-likeness (QED) is 0.831. The molecule has 1 heterocycles. The Morgan fingerprint density at radius 1 is 1.28 bits per heavy atom. The lowest BCUT2D eigenvalue weighted by Crippen LogP contribution is -2.37. The maximum atomic E-state index is 13.6. The van der Waals surface area contributed by atoms with Crippen LogP contribution < -0.4 is 10.2 Å². The number of carbonyl (C=O) groups excluding carboxylic acids is 3. The average Bonchev–Trinajstić information content (AvgIpc) is 2.98. The lowest BCUT2D eigenvalue weighted by Gasteiger charge is -2.17. The van der Waals surface area contributed by atoms with E-state index in [1.165, 1.54) is 0 Å². The van der Waals surface area contributed by atoms with Gasteiger partial charge in [0.1, 0.15) is 0 Å². The van der Waals surface area contributed by atoms with Crippen LogP contribution in [0.5, 0.6) is 5.75 Å². The zero-order valence-electron chi connectivity index (χ0n) is 13.1. The predicted molar refractivity (Wildman–Crippen MR) is 88.1 cm³/mol. The molecule has 1 aliphatic heterocycles. The summed E-state index contributed by atoms with van der Waals surface area (Å²) in [5.41, 5.74) is 0.338. The van der Waals surface area contributed by atoms with Gasteiger partial charge in [-0.3, -0.25) is 14.4 Å². The number of halogens is 1. The first-order valence-corrected chi connectivity index (χ1v) is 7.63. The number of benzene rings is 2. The van der Waals surface area contributed by atoms with Crippen LogP contribution in [0, 0.1) is 5.82 Å². The molecule has 0 bridgehead atoms. The van der Waals surface area contributed by atoms with Crippen LogP contribution >= 0.6 is 0 Å². The second-order valence-electron chi connectivity index (χ2n) is 5.73. The van der Waals surface area contributed by atoms with Crippen molar-refractivity contribution in [3.8, 4) is 5.75 Å². The SMILES string of the molecule is O=Cc1cc(C(=O)NC2CC(=O)N(c3ccccc3)C2)cc(F)c1O. The number of aromatic hydroxyl groups is 1. The molecule has 25 heavy (non-hydrogen) atoms. The number of carbonyl (C=O) groups is 3. The summed E-state index contributed by atoms with van der Waals surface area (Å²) in [7, 11) is 0. The molecule has 0 aromatic heterocycles. The van der Waals surface area contributed by atoms with Crippen molar-refractivity contribution in [1.29, 1.82) is 0 Å². The van der Waals surface area contributed by atoms with E-state index in [9.17, 15) is 23.9 Å². The fourth-order valence-corrected chi connectivity index (χ4v) is 2.77. The van der Waals surface area contributed by atoms with Gasteiger partial charge in [0.2, 0.25) is 5.91 Å². The molecule has 1 saturated heterocycles. The fourth-order valence-electron chi connectivity index (χ4n) is 2.77. The van der Waals surface area contributed by atoms with Gasteiger partial charge in [0.05, 0.1) is 11.6 Å². The van der Waals surface area contributed by atoms with Crippen molar-refractivity contribution in [2.45, 2.75) is 12.5 Å². The minimum Gasteiger partial charge on any atom is -0.504 e. The van der Waals surface area contributed by atoms with Crippen molar-refractivity contribution in [2.75, 3.05) is 11.4 Å². The van der Waals surface area contributed by atoms with Gasteiger partial charge in [-0.05, 0) is 24.3 Å². The molecule has 2 N–H and O–H groups in total. The standard InChI is InChI=1S/C18H15FN2O4/c19-15-7-11(6-12(10-22)17(15)24)18(25)20-13-8-16(23)21(9-13)14-4-2-1-3-5-14/h1-7,10,13,24H,8-9H2,(H,20,25). The predicted octanol–water partition coefficient (Wildman–Crippen LogP) is 1.88. The summed E-state index contributed by atoms with van der Waals surface area (Å²) in [4.78, 5) is 36.8. The Balaban J connectivity index is 1.73. The molecule has 0 saturated carbocycles. The molecular weight excluding hydrogens is 327 g/mol. The smallest absolute Gasteiger partial charge is 0.251 e. The van der Waals surface area contributed by atoms with Gasteiger partial charge in [0, 0.05) is 24.2 Å². The highest BCUT2D eigenvalue weighted by molar-refractivity contribution is 5.99. The molecule has 1 unspecified atom stereocenters. The van der Waals surface area contributed by atoms with Gasteiger partial charge in [0.15, 0.2) is 17.9 Å². The van der Waals surface area contributed by atoms with Crippen LogP contribution in [-0.4, -0.2) is 35.8 Å². The van der Waals surface area contributed by atoms with Crippen LogP contribution in [-0.2, 0) is 4.79 Å². The van der Waals surface area contributed by atoms with E-state index in [2.05, 4.69) is 5.32 Å². The van der Waals surface area contributed by atoms with Gasteiger partial charge in [-0.15, -0.1) is 0 Å². The molecular formula is C18H15FN2O4. The summed E-state index contributed by atoms with van der Waals surface area (Å²) in [5.74, 6) is -2.59. The summed E-state index contributed by atoms with van der Waals surface area (Å²) in [5, 5.41) is 12.1. The monoisotopic (exact) mass is 342 g/mol. The first kappa shape index (κ1) is 16.6. The number of phenolic OH excluding ortho intramolecular Hbond substituents is 1. The number of anilines is 1. The Labute approximate surface area is 142 Å². The molecule has 2 amide bonds. The van der Waals surface area contributed by atoms with Crippen molar-refractivity contribution in [1.82, 2.24) is 5.32 Å². The molecule has 1 atom stereocenters. The zero-order chi connectivity index (χ0) is 18.0. The normalized spacial score (nSPS) is 16.8. The van der Waals surface area contributed by atoms with Crippen molar-refractivity contribution < 1.29 is 23.9 Å². The molecule has 0 radical (unpaired) electrons. The summed E-state index contributed by atoms with van der Waals surface area (Å²) in [6.45, 7) is 0.301. The highest BCUT2D eigenvalue weighted by Gasteiger charge is 2.31. The maximum absolute atomic E-state index is 13.6. The molecule has 7 heteroatoms. The molecule has 1 aliphatic rings. The number of hydrogen-bond donors (Lipinski definition) is 2. The van der Waals surface area contributed by atoms with Crippen LogP contribution in [0.15, 0.2) is 42.5 Å². The van der Waals surface area contributed by atoms with Crippen molar-refractivity contribution in [3.63, 3.8) is 0 Å². The van der Waals surface area contributed by atoms with Crippen LogP contribution in [0.25, 0.3) is 0 Å². The number of phenols is 1. The van der Waals surface area contributed by atoms with E-state index in [-0.39, 0.29) is 29.7 Å². The number of nitrogens with zero attached hydrogens (tertiary/aromatic N) is 1. The number of para-hydroxylation sites is 1. The average molecular weight is 342 g/mol. The summed E-state index contributed by atoms with van der Waals surface area (Å²) >= 11 is 0. The summed E-state index contributed by atoms with van der Waals surface area (Å²) < 4.78 is 13.6. The van der Waals surface area contributed by atoms with Gasteiger partial charge >= 0.3 is 0 Å². The minimum absolute atomic E-state index is 0.0944. The highest BCUT2D eigenvalue weighted by Crippen LogP contribution is 2.23. The van der Waals surface area contributed by atoms with E-state index in [4.69, 9.17) is 0 Å². The lowest BCUT2D eigenvalue weighted by molar-refractivity contribution is -0.117. The largest absolute Gasteiger partial charge is 0.504 e. The van der Waals surface area contributed by atoms with Gasteiger partial charge in [-0.2, -0.15) is 0 Å². The Bertz CT molecular complexity index is 838. The fraction of sp³-hybridized carbons (Fsp3) is 0.167. The summed E-state index contributed by atoms with van der Waals surface area (Å²) in [6.07, 6.45) is 0.396. The number of hydrogen-bond acceptors (Lipinski definition) is 4. The molecule has 0 aliphatic carbocycles. The molecule has 1 fully saturated rings. The van der Waals surface area contributed by atoms with Crippen molar-refractivity contribution in [2.24, 2.45) is 0 Å². The van der Waals surface area contributed by atoms with E-state index in [0.717, 1.165) is 17.8 Å². The number of rotatable bonds is 4. The molecule has 2 aromatic rings. The first-order chi connectivity index (χ1) is 12.0. The number of nitrogens with one attached hydrogen (secondary N) is 1. The van der Waals surface area contributed by atoms with E-state index < -0.39 is 23.5 Å². The van der Waals surface area contributed by atoms with Gasteiger partial charge < -0.3 is 15.3 Å². The van der Waals surface area contributed by atoms with Crippen molar-refractivity contribution >= 4 is 23.8 Å². The van der Waals surface area contributed by atoms with E-state index >= 15 is 0 Å². The number of amides is 2. The van der Waals surface area contributed by atoms with E-state index in [1.54, 1.807) is 17.0 Å². The Morgan fingerprint density at radius 2 is 2.00 bits per heavy atom. The van der Waals surface area contributed by atoms with Crippen LogP contribution in [0.3, 0.4) is 0 Å². The van der Waals surface area contributed by atoms with E-state index in [1.807, 2.05) is 18.2 Å². The minimum atomic E-state index is -1.05. The third-order valence-corrected chi connectivity index (χ3v) is 4.01. The second-order valence-corrected chi connectivity index (χ2v) is 5.73. The van der Waals surface area contributed by atoms with Gasteiger partial charge in [-0.1, -0.05) is 18.2 Å². The highest BCUT2D eigenvalue weighted by atomic mass is 19.1. The third-order valence-electron chi connectivity index (χ3n) is 4.01. The lowest BCUT2D eigenvalue weighted by atomic mass is 10.1. The number of aldehydes is 1. The Kier molecular flexibility index (Phi) is 4.47. The molecule has 0 spiro atoms. The van der Waals surface area contributed by atoms with Crippen LogP contribution in [0.4, 0.5) is 10.1 Å². The molecule has 2 aromatic carbocycles. The Hall–Kier alpha value is -3.22. The third kappa shape index (κ3) is 3.35. The van der Waals surface area contributed by atoms with E-state index in [0.29, 0.717) is 6.54 Å². The first-order valence-electron chi connectivity index (χ1n) is 7.63. The Morgan fingerprint density at radius 3 is 2.68 bits per heavy atom. The summed E-state index contributed by atoms with van der Waals surface area (Å²) in [6, 6.07) is 10.6. The van der Waals surface area contributed by atoms with Gasteiger partial charge in [0.25, 0.3) is 5.91 Å². The molecule has 3 rings (SSSR count).